The number of amides is 1. The molecule has 0 bridgehead atoms. The highest BCUT2D eigenvalue weighted by atomic mass is 32.2. The summed E-state index contributed by atoms with van der Waals surface area (Å²) in [5.74, 6) is -0.251. The SMILES string of the molecule is Cc1cccc(CN2CCCN(CC(=O)NCCCc3ccccc3)S2(=O)=O)c1. The molecule has 3 rings (SSSR count). The predicted molar refractivity (Wildman–Crippen MR) is 114 cm³/mol. The minimum atomic E-state index is -3.64. The first kappa shape index (κ1) is 21.5. The lowest BCUT2D eigenvalue weighted by Gasteiger charge is -2.34. The second-order valence-electron chi connectivity index (χ2n) is 7.46. The molecule has 0 atom stereocenters. The molecule has 1 aliphatic heterocycles. The Hall–Kier alpha value is -2.22. The summed E-state index contributed by atoms with van der Waals surface area (Å²) in [7, 11) is -3.64. The maximum absolute atomic E-state index is 12.9. The van der Waals surface area contributed by atoms with E-state index in [1.54, 1.807) is 0 Å². The molecule has 7 heteroatoms. The Kier molecular flexibility index (Phi) is 7.41. The van der Waals surface area contributed by atoms with E-state index in [4.69, 9.17) is 0 Å². The normalized spacial score (nSPS) is 17.1. The minimum absolute atomic E-state index is 0.127. The lowest BCUT2D eigenvalue weighted by Crippen LogP contribution is -2.52. The minimum Gasteiger partial charge on any atom is -0.355 e. The van der Waals surface area contributed by atoms with Crippen LogP contribution in [0.2, 0.25) is 0 Å². The zero-order valence-electron chi connectivity index (χ0n) is 16.9. The van der Waals surface area contributed by atoms with Gasteiger partial charge in [-0.25, -0.2) is 0 Å². The molecule has 1 saturated heterocycles. The van der Waals surface area contributed by atoms with Crippen LogP contribution < -0.4 is 5.32 Å². The van der Waals surface area contributed by atoms with Crippen LogP contribution in [0.15, 0.2) is 54.6 Å². The van der Waals surface area contributed by atoms with Crippen LogP contribution in [0, 0.1) is 6.92 Å². The van der Waals surface area contributed by atoms with Crippen LogP contribution in [0.5, 0.6) is 0 Å². The number of hydrogen-bond acceptors (Lipinski definition) is 3. The summed E-state index contributed by atoms with van der Waals surface area (Å²) in [6, 6.07) is 17.9. The van der Waals surface area contributed by atoms with Gasteiger partial charge in [-0.3, -0.25) is 4.79 Å². The summed E-state index contributed by atoms with van der Waals surface area (Å²) < 4.78 is 28.6. The van der Waals surface area contributed by atoms with Gasteiger partial charge in [-0.1, -0.05) is 60.2 Å². The van der Waals surface area contributed by atoms with Crippen LogP contribution in [-0.4, -0.2) is 49.1 Å². The largest absolute Gasteiger partial charge is 0.355 e. The molecule has 0 saturated carbocycles. The molecule has 2 aromatic carbocycles. The van der Waals surface area contributed by atoms with Gasteiger partial charge in [-0.05, 0) is 37.3 Å². The fraction of sp³-hybridized carbons (Fsp3) is 0.409. The number of carbonyl (C=O) groups excluding carboxylic acids is 1. The summed E-state index contributed by atoms with van der Waals surface area (Å²) >= 11 is 0. The third-order valence-corrected chi connectivity index (χ3v) is 6.96. The van der Waals surface area contributed by atoms with Crippen LogP contribution in [0.3, 0.4) is 0 Å². The summed E-state index contributed by atoms with van der Waals surface area (Å²) in [6.07, 6.45) is 2.42. The molecule has 1 N–H and O–H groups in total. The Labute approximate surface area is 173 Å². The average molecular weight is 416 g/mol. The molecule has 0 aromatic heterocycles. The summed E-state index contributed by atoms with van der Waals surface area (Å²) in [5, 5.41) is 2.85. The number of aryl methyl sites for hydroxylation is 2. The molecule has 0 aliphatic carbocycles. The van der Waals surface area contributed by atoms with Crippen molar-refractivity contribution in [2.45, 2.75) is 32.7 Å². The lowest BCUT2D eigenvalue weighted by atomic mass is 10.1. The highest BCUT2D eigenvalue weighted by Crippen LogP contribution is 2.19. The maximum atomic E-state index is 12.9. The van der Waals surface area contributed by atoms with Gasteiger partial charge in [-0.15, -0.1) is 0 Å². The van der Waals surface area contributed by atoms with Crippen LogP contribution in [0.1, 0.15) is 29.5 Å². The first-order valence-electron chi connectivity index (χ1n) is 10.1. The van der Waals surface area contributed by atoms with E-state index in [0.717, 1.165) is 24.0 Å². The van der Waals surface area contributed by atoms with Gasteiger partial charge >= 0.3 is 0 Å². The van der Waals surface area contributed by atoms with Crippen molar-refractivity contribution in [2.75, 3.05) is 26.2 Å². The molecule has 1 heterocycles. The molecule has 1 fully saturated rings. The first-order chi connectivity index (χ1) is 13.9. The van der Waals surface area contributed by atoms with Crippen LogP contribution in [0.4, 0.5) is 0 Å². The molecule has 29 heavy (non-hydrogen) atoms. The number of hydrogen-bond donors (Lipinski definition) is 1. The molecule has 156 valence electrons. The van der Waals surface area contributed by atoms with E-state index in [0.29, 0.717) is 32.6 Å². The molecule has 0 unspecified atom stereocenters. The van der Waals surface area contributed by atoms with E-state index in [1.165, 1.54) is 14.2 Å². The highest BCUT2D eigenvalue weighted by molar-refractivity contribution is 7.86. The Morgan fingerprint density at radius 2 is 1.72 bits per heavy atom. The number of rotatable bonds is 8. The van der Waals surface area contributed by atoms with Gasteiger partial charge in [0.1, 0.15) is 0 Å². The number of carbonyl (C=O) groups is 1. The van der Waals surface area contributed by atoms with Gasteiger partial charge in [0.05, 0.1) is 6.54 Å². The smallest absolute Gasteiger partial charge is 0.282 e. The average Bonchev–Trinajstić information content (AvgIpc) is 2.69. The summed E-state index contributed by atoms with van der Waals surface area (Å²) in [4.78, 5) is 12.3. The van der Waals surface area contributed by atoms with Crippen LogP contribution in [0.25, 0.3) is 0 Å². The van der Waals surface area contributed by atoms with E-state index in [2.05, 4.69) is 17.4 Å². The van der Waals surface area contributed by atoms with Crippen molar-refractivity contribution in [3.63, 3.8) is 0 Å². The van der Waals surface area contributed by atoms with Gasteiger partial charge in [0.2, 0.25) is 5.91 Å². The Morgan fingerprint density at radius 1 is 1.00 bits per heavy atom. The molecular formula is C22H29N3O3S. The number of nitrogens with one attached hydrogen (secondary N) is 1. The van der Waals surface area contributed by atoms with Crippen LogP contribution >= 0.6 is 0 Å². The van der Waals surface area contributed by atoms with Crippen molar-refractivity contribution in [1.29, 1.82) is 0 Å². The van der Waals surface area contributed by atoms with Crippen molar-refractivity contribution in [2.24, 2.45) is 0 Å². The molecule has 1 aliphatic rings. The van der Waals surface area contributed by atoms with Crippen molar-refractivity contribution >= 4 is 16.1 Å². The topological polar surface area (TPSA) is 69.7 Å². The maximum Gasteiger partial charge on any atom is 0.282 e. The zero-order valence-corrected chi connectivity index (χ0v) is 17.7. The van der Waals surface area contributed by atoms with Gasteiger partial charge in [0, 0.05) is 26.2 Å². The highest BCUT2D eigenvalue weighted by Gasteiger charge is 2.34. The van der Waals surface area contributed by atoms with Crippen molar-refractivity contribution in [1.82, 2.24) is 13.9 Å². The Morgan fingerprint density at radius 3 is 2.48 bits per heavy atom. The fourth-order valence-electron chi connectivity index (χ4n) is 3.53. The quantitative estimate of drug-likeness (QED) is 0.674. The first-order valence-corrected chi connectivity index (χ1v) is 11.5. The summed E-state index contributed by atoms with van der Waals surface area (Å²) in [5.41, 5.74) is 3.29. The molecule has 1 amide bonds. The van der Waals surface area contributed by atoms with E-state index < -0.39 is 10.2 Å². The van der Waals surface area contributed by atoms with E-state index >= 15 is 0 Å². The molecule has 0 radical (unpaired) electrons. The molecule has 0 spiro atoms. The zero-order chi connectivity index (χ0) is 20.7. The number of benzene rings is 2. The lowest BCUT2D eigenvalue weighted by molar-refractivity contribution is -0.121. The third-order valence-electron chi connectivity index (χ3n) is 5.04. The van der Waals surface area contributed by atoms with Gasteiger partial charge in [-0.2, -0.15) is 17.0 Å². The standard InChI is InChI=1S/C22H29N3O3S/c1-19-8-5-11-21(16-19)17-24-14-7-15-25(29(24,27)28)18-22(26)23-13-6-12-20-9-3-2-4-10-20/h2-5,8-11,16H,6-7,12-15,17-18H2,1H3,(H,23,26). The Balaban J connectivity index is 1.49. The van der Waals surface area contributed by atoms with E-state index in [1.807, 2.05) is 49.4 Å². The molecule has 6 nitrogen and oxygen atoms in total. The molecule has 2 aromatic rings. The van der Waals surface area contributed by atoms with E-state index in [-0.39, 0.29) is 12.5 Å². The fourth-order valence-corrected chi connectivity index (χ4v) is 5.17. The molecular weight excluding hydrogens is 386 g/mol. The van der Waals surface area contributed by atoms with Gasteiger partial charge in [0.25, 0.3) is 10.2 Å². The number of nitrogens with zero attached hydrogens (tertiary/aromatic N) is 2. The van der Waals surface area contributed by atoms with E-state index in [9.17, 15) is 13.2 Å². The van der Waals surface area contributed by atoms with Crippen LogP contribution in [-0.2, 0) is 28.0 Å². The van der Waals surface area contributed by atoms with Gasteiger partial charge in [0.15, 0.2) is 0 Å². The third kappa shape index (κ3) is 6.13. The predicted octanol–water partition coefficient (Wildman–Crippen LogP) is 2.50. The Bertz CT molecular complexity index is 916. The second-order valence-corrected chi connectivity index (χ2v) is 9.39. The van der Waals surface area contributed by atoms with Crippen molar-refractivity contribution < 1.29 is 13.2 Å². The van der Waals surface area contributed by atoms with Gasteiger partial charge < -0.3 is 5.32 Å². The monoisotopic (exact) mass is 415 g/mol. The summed E-state index contributed by atoms with van der Waals surface area (Å²) in [6.45, 7) is 3.59. The second kappa shape index (κ2) is 10.0. The van der Waals surface area contributed by atoms with Crippen molar-refractivity contribution in [3.05, 3.63) is 71.3 Å². The van der Waals surface area contributed by atoms with Crippen molar-refractivity contribution in [3.8, 4) is 0 Å².